The summed E-state index contributed by atoms with van der Waals surface area (Å²) >= 11 is 0. The first-order chi connectivity index (χ1) is 10.5. The molecule has 2 unspecified atom stereocenters. The van der Waals surface area contributed by atoms with E-state index < -0.39 is 17.3 Å². The standard InChI is InChI=1S/C18H25NO3/c1-4-18(5-2,14-9-7-6-8-10-14)17(22)19-12-11-15(13(19)3)16(20)21/h6-10,13,15H,4-5,11-12H2,1-3H3,(H,20,21). The lowest BCUT2D eigenvalue weighted by Crippen LogP contribution is -2.49. The van der Waals surface area contributed by atoms with Gasteiger partial charge in [0, 0.05) is 12.6 Å². The summed E-state index contributed by atoms with van der Waals surface area (Å²) in [6, 6.07) is 9.61. The van der Waals surface area contributed by atoms with E-state index >= 15 is 0 Å². The Hall–Kier alpha value is -1.84. The molecule has 4 nitrogen and oxygen atoms in total. The van der Waals surface area contributed by atoms with E-state index in [-0.39, 0.29) is 11.9 Å². The number of carboxylic acid groups (broad SMARTS) is 1. The molecular formula is C18H25NO3. The average Bonchev–Trinajstić information content (AvgIpc) is 2.91. The molecular weight excluding hydrogens is 278 g/mol. The van der Waals surface area contributed by atoms with Gasteiger partial charge in [0.2, 0.25) is 5.91 Å². The van der Waals surface area contributed by atoms with Gasteiger partial charge in [-0.3, -0.25) is 9.59 Å². The molecule has 1 fully saturated rings. The first-order valence-electron chi connectivity index (χ1n) is 8.07. The largest absolute Gasteiger partial charge is 0.481 e. The highest BCUT2D eigenvalue weighted by atomic mass is 16.4. The van der Waals surface area contributed by atoms with Gasteiger partial charge < -0.3 is 10.0 Å². The predicted octanol–water partition coefficient (Wildman–Crippen LogP) is 3.07. The SMILES string of the molecule is CCC(CC)(C(=O)N1CCC(C(=O)O)C1C)c1ccccc1. The monoisotopic (exact) mass is 303 g/mol. The molecule has 1 N–H and O–H groups in total. The minimum Gasteiger partial charge on any atom is -0.481 e. The van der Waals surface area contributed by atoms with Gasteiger partial charge in [-0.05, 0) is 31.7 Å². The van der Waals surface area contributed by atoms with Crippen LogP contribution in [0.5, 0.6) is 0 Å². The minimum absolute atomic E-state index is 0.0694. The van der Waals surface area contributed by atoms with Gasteiger partial charge >= 0.3 is 5.97 Å². The molecule has 1 heterocycles. The lowest BCUT2D eigenvalue weighted by Gasteiger charge is -2.37. The summed E-state index contributed by atoms with van der Waals surface area (Å²) in [5.74, 6) is -1.19. The number of carbonyl (C=O) groups excluding carboxylic acids is 1. The molecule has 22 heavy (non-hydrogen) atoms. The van der Waals surface area contributed by atoms with Gasteiger partial charge in [0.1, 0.15) is 0 Å². The Labute approximate surface area is 132 Å². The molecule has 2 rings (SSSR count). The highest BCUT2D eigenvalue weighted by Crippen LogP contribution is 2.37. The molecule has 1 aromatic carbocycles. The molecule has 0 saturated carbocycles. The molecule has 120 valence electrons. The van der Waals surface area contributed by atoms with Crippen LogP contribution in [0.15, 0.2) is 30.3 Å². The third-order valence-corrected chi connectivity index (χ3v) is 5.28. The van der Waals surface area contributed by atoms with E-state index in [9.17, 15) is 14.7 Å². The molecule has 1 aliphatic heterocycles. The zero-order valence-electron chi connectivity index (χ0n) is 13.6. The topological polar surface area (TPSA) is 57.6 Å². The molecule has 1 aromatic rings. The number of likely N-dealkylation sites (tertiary alicyclic amines) is 1. The van der Waals surface area contributed by atoms with Crippen molar-refractivity contribution in [1.82, 2.24) is 4.90 Å². The first-order valence-corrected chi connectivity index (χ1v) is 8.07. The van der Waals surface area contributed by atoms with Gasteiger partial charge in [0.15, 0.2) is 0 Å². The van der Waals surface area contributed by atoms with Crippen LogP contribution in [0.2, 0.25) is 0 Å². The zero-order chi connectivity index (χ0) is 16.3. The summed E-state index contributed by atoms with van der Waals surface area (Å²) in [5.41, 5.74) is 0.471. The fourth-order valence-electron chi connectivity index (χ4n) is 3.67. The van der Waals surface area contributed by atoms with Gasteiger partial charge in [-0.1, -0.05) is 44.2 Å². The van der Waals surface area contributed by atoms with Crippen molar-refractivity contribution < 1.29 is 14.7 Å². The van der Waals surface area contributed by atoms with Crippen molar-refractivity contribution in [3.63, 3.8) is 0 Å². The number of hydrogen-bond donors (Lipinski definition) is 1. The highest BCUT2D eigenvalue weighted by molar-refractivity contribution is 5.89. The quantitative estimate of drug-likeness (QED) is 0.909. The van der Waals surface area contributed by atoms with Gasteiger partial charge in [-0.15, -0.1) is 0 Å². The van der Waals surface area contributed by atoms with Crippen molar-refractivity contribution in [3.05, 3.63) is 35.9 Å². The third-order valence-electron chi connectivity index (χ3n) is 5.28. The van der Waals surface area contributed by atoms with Crippen LogP contribution in [0.1, 0.15) is 45.6 Å². The van der Waals surface area contributed by atoms with Crippen LogP contribution in [0.25, 0.3) is 0 Å². The number of rotatable bonds is 5. The number of amides is 1. The number of nitrogens with zero attached hydrogens (tertiary/aromatic N) is 1. The zero-order valence-corrected chi connectivity index (χ0v) is 13.6. The summed E-state index contributed by atoms with van der Waals surface area (Å²) in [4.78, 5) is 26.3. The summed E-state index contributed by atoms with van der Waals surface area (Å²) in [6.45, 7) is 6.45. The van der Waals surface area contributed by atoms with E-state index in [0.717, 1.165) is 5.56 Å². The summed E-state index contributed by atoms with van der Waals surface area (Å²) in [5, 5.41) is 9.28. The number of carboxylic acids is 1. The van der Waals surface area contributed by atoms with Crippen LogP contribution in [-0.2, 0) is 15.0 Å². The number of benzene rings is 1. The van der Waals surface area contributed by atoms with Crippen molar-refractivity contribution in [3.8, 4) is 0 Å². The molecule has 0 radical (unpaired) electrons. The van der Waals surface area contributed by atoms with Crippen molar-refractivity contribution in [2.45, 2.75) is 51.5 Å². The second-order valence-electron chi connectivity index (χ2n) is 6.13. The second-order valence-corrected chi connectivity index (χ2v) is 6.13. The highest BCUT2D eigenvalue weighted by Gasteiger charge is 2.46. The van der Waals surface area contributed by atoms with E-state index in [1.165, 1.54) is 0 Å². The lowest BCUT2D eigenvalue weighted by atomic mass is 9.74. The Kier molecular flexibility index (Phi) is 4.89. The van der Waals surface area contributed by atoms with E-state index in [0.29, 0.717) is 25.8 Å². The van der Waals surface area contributed by atoms with Crippen LogP contribution < -0.4 is 0 Å². The molecule has 1 amide bonds. The van der Waals surface area contributed by atoms with Crippen LogP contribution in [-0.4, -0.2) is 34.5 Å². The van der Waals surface area contributed by atoms with Gasteiger partial charge in [-0.2, -0.15) is 0 Å². The molecule has 1 saturated heterocycles. The Morgan fingerprint density at radius 3 is 2.27 bits per heavy atom. The maximum absolute atomic E-state index is 13.2. The number of aliphatic carboxylic acids is 1. The molecule has 0 spiro atoms. The summed E-state index contributed by atoms with van der Waals surface area (Å²) in [7, 11) is 0. The second kappa shape index (κ2) is 6.51. The van der Waals surface area contributed by atoms with E-state index in [2.05, 4.69) is 0 Å². The average molecular weight is 303 g/mol. The summed E-state index contributed by atoms with van der Waals surface area (Å²) in [6.07, 6.45) is 1.97. The fourth-order valence-corrected chi connectivity index (χ4v) is 3.67. The molecule has 1 aliphatic rings. The van der Waals surface area contributed by atoms with Crippen molar-refractivity contribution in [1.29, 1.82) is 0 Å². The van der Waals surface area contributed by atoms with Crippen molar-refractivity contribution in [2.75, 3.05) is 6.54 Å². The normalized spacial score (nSPS) is 21.9. The van der Waals surface area contributed by atoms with E-state index in [1.807, 2.05) is 51.1 Å². The smallest absolute Gasteiger partial charge is 0.308 e. The van der Waals surface area contributed by atoms with Crippen LogP contribution in [0.4, 0.5) is 0 Å². The van der Waals surface area contributed by atoms with Crippen molar-refractivity contribution >= 4 is 11.9 Å². The number of carbonyl (C=O) groups is 2. The van der Waals surface area contributed by atoms with Crippen LogP contribution in [0, 0.1) is 5.92 Å². The molecule has 0 aromatic heterocycles. The minimum atomic E-state index is -0.805. The number of hydrogen-bond acceptors (Lipinski definition) is 2. The molecule has 4 heteroatoms. The van der Waals surface area contributed by atoms with Gasteiger partial charge in [0.05, 0.1) is 11.3 Å². The summed E-state index contributed by atoms with van der Waals surface area (Å²) < 4.78 is 0. The van der Waals surface area contributed by atoms with Crippen LogP contribution >= 0.6 is 0 Å². The maximum Gasteiger partial charge on any atom is 0.308 e. The van der Waals surface area contributed by atoms with E-state index in [4.69, 9.17) is 0 Å². The Morgan fingerprint density at radius 1 is 1.23 bits per heavy atom. The fraction of sp³-hybridized carbons (Fsp3) is 0.556. The molecule has 0 bridgehead atoms. The predicted molar refractivity (Wildman–Crippen MR) is 85.6 cm³/mol. The van der Waals surface area contributed by atoms with E-state index in [1.54, 1.807) is 4.90 Å². The molecule has 0 aliphatic carbocycles. The Morgan fingerprint density at radius 2 is 1.82 bits per heavy atom. The van der Waals surface area contributed by atoms with Gasteiger partial charge in [0.25, 0.3) is 0 Å². The van der Waals surface area contributed by atoms with Crippen LogP contribution in [0.3, 0.4) is 0 Å². The lowest BCUT2D eigenvalue weighted by molar-refractivity contribution is -0.144. The van der Waals surface area contributed by atoms with Gasteiger partial charge in [-0.25, -0.2) is 0 Å². The third kappa shape index (κ3) is 2.62. The molecule has 2 atom stereocenters. The Balaban J connectivity index is 2.34. The first kappa shape index (κ1) is 16.5. The van der Waals surface area contributed by atoms with Crippen molar-refractivity contribution in [2.24, 2.45) is 5.92 Å². The Bertz CT molecular complexity index is 537. The maximum atomic E-state index is 13.2.